The average Bonchev–Trinajstić information content (AvgIpc) is 2.78. The third-order valence-electron chi connectivity index (χ3n) is 4.25. The standard InChI is InChI=1S/C19H31N3O2/c1-19(2,3)24-18(23)22-13-7-12-21(14-15-22)17(10-11-20)16-8-5-4-6-9-16/h4-6,8-9,17H,7,10-15,20H2,1-3H3. The van der Waals surface area contributed by atoms with Crippen LogP contribution in [0.1, 0.15) is 45.2 Å². The Morgan fingerprint density at radius 2 is 1.88 bits per heavy atom. The maximum absolute atomic E-state index is 12.3. The van der Waals surface area contributed by atoms with Gasteiger partial charge >= 0.3 is 6.09 Å². The SMILES string of the molecule is CC(C)(C)OC(=O)N1CCCN(C(CCN)c2ccccc2)CC1. The molecule has 2 rings (SSSR count). The van der Waals surface area contributed by atoms with E-state index in [1.807, 2.05) is 31.7 Å². The van der Waals surface area contributed by atoms with Gasteiger partial charge in [0.25, 0.3) is 0 Å². The lowest BCUT2D eigenvalue weighted by Gasteiger charge is -2.31. The molecule has 1 saturated heterocycles. The summed E-state index contributed by atoms with van der Waals surface area (Å²) in [6, 6.07) is 10.8. The zero-order valence-corrected chi connectivity index (χ0v) is 15.2. The first-order chi connectivity index (χ1) is 11.4. The summed E-state index contributed by atoms with van der Waals surface area (Å²) in [4.78, 5) is 16.6. The molecule has 24 heavy (non-hydrogen) atoms. The van der Waals surface area contributed by atoms with Gasteiger partial charge in [0.05, 0.1) is 0 Å². The van der Waals surface area contributed by atoms with Crippen molar-refractivity contribution in [3.05, 3.63) is 35.9 Å². The molecule has 1 atom stereocenters. The fourth-order valence-corrected chi connectivity index (χ4v) is 3.15. The molecule has 5 nitrogen and oxygen atoms in total. The number of rotatable bonds is 4. The topological polar surface area (TPSA) is 58.8 Å². The molecule has 1 aliphatic rings. The van der Waals surface area contributed by atoms with E-state index >= 15 is 0 Å². The Bertz CT molecular complexity index is 513. The van der Waals surface area contributed by atoms with Gasteiger partial charge in [-0.3, -0.25) is 4.90 Å². The second kappa shape index (κ2) is 8.49. The van der Waals surface area contributed by atoms with Gasteiger partial charge in [-0.05, 0) is 45.7 Å². The molecule has 1 unspecified atom stereocenters. The zero-order valence-electron chi connectivity index (χ0n) is 15.2. The lowest BCUT2D eigenvalue weighted by Crippen LogP contribution is -2.39. The highest BCUT2D eigenvalue weighted by atomic mass is 16.6. The molecule has 1 amide bonds. The first-order valence-electron chi connectivity index (χ1n) is 8.87. The number of carbonyl (C=O) groups is 1. The minimum atomic E-state index is -0.449. The van der Waals surface area contributed by atoms with Gasteiger partial charge in [-0.2, -0.15) is 0 Å². The van der Waals surface area contributed by atoms with E-state index in [1.54, 1.807) is 0 Å². The van der Waals surface area contributed by atoms with Crippen LogP contribution in [0.4, 0.5) is 4.79 Å². The van der Waals surface area contributed by atoms with Crippen molar-refractivity contribution >= 4 is 6.09 Å². The fourth-order valence-electron chi connectivity index (χ4n) is 3.15. The molecule has 1 aromatic rings. The normalized spacial score (nSPS) is 18.1. The second-order valence-electron chi connectivity index (χ2n) is 7.36. The predicted molar refractivity (Wildman–Crippen MR) is 96.9 cm³/mol. The summed E-state index contributed by atoms with van der Waals surface area (Å²) in [7, 11) is 0. The summed E-state index contributed by atoms with van der Waals surface area (Å²) in [6.45, 7) is 9.63. The Labute approximate surface area is 145 Å². The van der Waals surface area contributed by atoms with Gasteiger partial charge in [-0.25, -0.2) is 4.79 Å². The second-order valence-corrected chi connectivity index (χ2v) is 7.36. The third kappa shape index (κ3) is 5.49. The van der Waals surface area contributed by atoms with Crippen molar-refractivity contribution in [3.8, 4) is 0 Å². The molecule has 5 heteroatoms. The fraction of sp³-hybridized carbons (Fsp3) is 0.632. The number of benzene rings is 1. The van der Waals surface area contributed by atoms with Crippen LogP contribution in [0.2, 0.25) is 0 Å². The van der Waals surface area contributed by atoms with E-state index in [9.17, 15) is 4.79 Å². The smallest absolute Gasteiger partial charge is 0.410 e. The summed E-state index contributed by atoms with van der Waals surface area (Å²) in [6.07, 6.45) is 1.67. The number of carbonyl (C=O) groups excluding carboxylic acids is 1. The van der Waals surface area contributed by atoms with Crippen molar-refractivity contribution in [2.75, 3.05) is 32.7 Å². The molecule has 1 heterocycles. The van der Waals surface area contributed by atoms with Crippen LogP contribution in [-0.2, 0) is 4.74 Å². The van der Waals surface area contributed by atoms with Crippen molar-refractivity contribution in [3.63, 3.8) is 0 Å². The van der Waals surface area contributed by atoms with Crippen LogP contribution in [-0.4, -0.2) is 54.2 Å². The molecule has 1 aliphatic heterocycles. The molecule has 2 N–H and O–H groups in total. The van der Waals surface area contributed by atoms with Crippen molar-refractivity contribution in [2.24, 2.45) is 5.73 Å². The number of hydrogen-bond acceptors (Lipinski definition) is 4. The number of nitrogens with two attached hydrogens (primary N) is 1. The van der Waals surface area contributed by atoms with E-state index in [0.29, 0.717) is 19.1 Å². The summed E-state index contributed by atoms with van der Waals surface area (Å²) in [5.74, 6) is 0. The predicted octanol–water partition coefficient (Wildman–Crippen LogP) is 3.02. The van der Waals surface area contributed by atoms with Crippen LogP contribution >= 0.6 is 0 Å². The van der Waals surface area contributed by atoms with Gasteiger partial charge in [0.1, 0.15) is 5.60 Å². The van der Waals surface area contributed by atoms with Crippen molar-refractivity contribution in [1.82, 2.24) is 9.80 Å². The van der Waals surface area contributed by atoms with Gasteiger partial charge in [-0.15, -0.1) is 0 Å². The van der Waals surface area contributed by atoms with Gasteiger partial charge in [0.15, 0.2) is 0 Å². The number of amides is 1. The summed E-state index contributed by atoms with van der Waals surface area (Å²) >= 11 is 0. The minimum absolute atomic E-state index is 0.209. The molecular formula is C19H31N3O2. The Morgan fingerprint density at radius 3 is 2.50 bits per heavy atom. The molecule has 0 spiro atoms. The van der Waals surface area contributed by atoms with Gasteiger partial charge in [0, 0.05) is 32.2 Å². The molecule has 134 valence electrons. The Hall–Kier alpha value is -1.59. The highest BCUT2D eigenvalue weighted by molar-refractivity contribution is 5.68. The van der Waals surface area contributed by atoms with E-state index in [0.717, 1.165) is 32.5 Å². The van der Waals surface area contributed by atoms with E-state index in [4.69, 9.17) is 10.5 Å². The van der Waals surface area contributed by atoms with Crippen LogP contribution in [0.25, 0.3) is 0 Å². The van der Waals surface area contributed by atoms with Crippen LogP contribution < -0.4 is 5.73 Å². The zero-order chi connectivity index (χ0) is 17.6. The molecule has 1 aromatic carbocycles. The summed E-state index contributed by atoms with van der Waals surface area (Å²) < 4.78 is 5.51. The first-order valence-corrected chi connectivity index (χ1v) is 8.87. The Kier molecular flexibility index (Phi) is 6.63. The third-order valence-corrected chi connectivity index (χ3v) is 4.25. The van der Waals surface area contributed by atoms with Gasteiger partial charge in [-0.1, -0.05) is 30.3 Å². The Balaban J connectivity index is 2.01. The van der Waals surface area contributed by atoms with Crippen molar-refractivity contribution in [2.45, 2.75) is 45.3 Å². The monoisotopic (exact) mass is 333 g/mol. The summed E-state index contributed by atoms with van der Waals surface area (Å²) in [5, 5.41) is 0. The number of ether oxygens (including phenoxy) is 1. The lowest BCUT2D eigenvalue weighted by molar-refractivity contribution is 0.0255. The van der Waals surface area contributed by atoms with Crippen LogP contribution in [0.5, 0.6) is 0 Å². The molecule has 1 fully saturated rings. The highest BCUT2D eigenvalue weighted by Gasteiger charge is 2.27. The first kappa shape index (κ1) is 18.7. The molecule has 0 bridgehead atoms. The maximum atomic E-state index is 12.3. The van der Waals surface area contributed by atoms with E-state index in [-0.39, 0.29) is 6.09 Å². The maximum Gasteiger partial charge on any atom is 0.410 e. The van der Waals surface area contributed by atoms with Crippen molar-refractivity contribution < 1.29 is 9.53 Å². The largest absolute Gasteiger partial charge is 0.444 e. The molecule has 0 aromatic heterocycles. The quantitative estimate of drug-likeness (QED) is 0.920. The average molecular weight is 333 g/mol. The van der Waals surface area contributed by atoms with E-state index in [2.05, 4.69) is 29.2 Å². The molecule has 0 radical (unpaired) electrons. The van der Waals surface area contributed by atoms with Crippen LogP contribution in [0, 0.1) is 0 Å². The Morgan fingerprint density at radius 1 is 1.17 bits per heavy atom. The molecule has 0 saturated carbocycles. The number of nitrogens with zero attached hydrogens (tertiary/aromatic N) is 2. The lowest BCUT2D eigenvalue weighted by atomic mass is 10.0. The highest BCUT2D eigenvalue weighted by Crippen LogP contribution is 2.25. The summed E-state index contributed by atoms with van der Waals surface area (Å²) in [5.41, 5.74) is 6.70. The molecular weight excluding hydrogens is 302 g/mol. The van der Waals surface area contributed by atoms with Gasteiger partial charge in [0.2, 0.25) is 0 Å². The number of hydrogen-bond donors (Lipinski definition) is 1. The van der Waals surface area contributed by atoms with Gasteiger partial charge < -0.3 is 15.4 Å². The minimum Gasteiger partial charge on any atom is -0.444 e. The van der Waals surface area contributed by atoms with Crippen LogP contribution in [0.15, 0.2) is 30.3 Å². The van der Waals surface area contributed by atoms with Crippen molar-refractivity contribution in [1.29, 1.82) is 0 Å². The molecule has 0 aliphatic carbocycles. The van der Waals surface area contributed by atoms with E-state index < -0.39 is 5.60 Å². The van der Waals surface area contributed by atoms with Crippen LogP contribution in [0.3, 0.4) is 0 Å². The van der Waals surface area contributed by atoms with E-state index in [1.165, 1.54) is 5.56 Å².